The van der Waals surface area contributed by atoms with E-state index in [9.17, 15) is 15.0 Å². The van der Waals surface area contributed by atoms with Crippen LogP contribution in [0.3, 0.4) is 0 Å². The molecule has 1 unspecified atom stereocenters. The minimum absolute atomic E-state index is 0.0809. The number of aliphatic hydroxyl groups is 2. The van der Waals surface area contributed by atoms with Crippen LogP contribution in [0.15, 0.2) is 0 Å². The molecule has 0 bridgehead atoms. The molecule has 0 aromatic carbocycles. The zero-order chi connectivity index (χ0) is 15.1. The molecule has 1 atom stereocenters. The Balaban J connectivity index is 4.18. The predicted molar refractivity (Wildman–Crippen MR) is 75.7 cm³/mol. The summed E-state index contributed by atoms with van der Waals surface area (Å²) in [7, 11) is 0. The van der Waals surface area contributed by atoms with Crippen molar-refractivity contribution in [3.63, 3.8) is 0 Å². The lowest BCUT2D eigenvalue weighted by Gasteiger charge is -2.28. The third-order valence-electron chi connectivity index (χ3n) is 3.44. The van der Waals surface area contributed by atoms with E-state index in [2.05, 4.69) is 20.8 Å². The van der Waals surface area contributed by atoms with Crippen LogP contribution < -0.4 is 0 Å². The summed E-state index contributed by atoms with van der Waals surface area (Å²) in [6.07, 6.45) is 1.92. The highest BCUT2D eigenvalue weighted by molar-refractivity contribution is 5.69. The molecule has 0 saturated heterocycles. The second-order valence-corrected chi connectivity index (χ2v) is 6.90. The second kappa shape index (κ2) is 7.85. The summed E-state index contributed by atoms with van der Waals surface area (Å²) in [5, 5.41) is 18.5. The van der Waals surface area contributed by atoms with E-state index in [1.54, 1.807) is 0 Å². The predicted octanol–water partition coefficient (Wildman–Crippen LogP) is 2.37. The van der Waals surface area contributed by atoms with Crippen LogP contribution in [0.25, 0.3) is 0 Å². The fourth-order valence-electron chi connectivity index (χ4n) is 2.16. The number of esters is 1. The number of hydrogen-bond acceptors (Lipinski definition) is 4. The molecule has 19 heavy (non-hydrogen) atoms. The van der Waals surface area contributed by atoms with E-state index in [1.165, 1.54) is 0 Å². The van der Waals surface area contributed by atoms with Crippen molar-refractivity contribution in [3.8, 4) is 0 Å². The van der Waals surface area contributed by atoms with Gasteiger partial charge in [-0.1, -0.05) is 34.6 Å². The molecule has 114 valence electrons. The average Bonchev–Trinajstić information content (AvgIpc) is 2.29. The number of aliphatic hydroxyl groups excluding tert-OH is 2. The summed E-state index contributed by atoms with van der Waals surface area (Å²) in [5.74, 6) is 0.0169. The van der Waals surface area contributed by atoms with E-state index in [1.807, 2.05) is 13.8 Å². The molecule has 4 nitrogen and oxygen atoms in total. The molecule has 0 saturated carbocycles. The first-order valence-electron chi connectivity index (χ1n) is 7.05. The maximum absolute atomic E-state index is 11.7. The Labute approximate surface area is 117 Å². The Hall–Kier alpha value is -0.610. The van der Waals surface area contributed by atoms with Crippen LogP contribution in [0.1, 0.15) is 53.9 Å². The average molecular weight is 274 g/mol. The lowest BCUT2D eigenvalue weighted by atomic mass is 9.84. The van der Waals surface area contributed by atoms with Gasteiger partial charge in [-0.05, 0) is 24.2 Å². The molecular formula is C15H30O4. The Morgan fingerprint density at radius 2 is 1.74 bits per heavy atom. The van der Waals surface area contributed by atoms with Crippen molar-refractivity contribution in [1.29, 1.82) is 0 Å². The van der Waals surface area contributed by atoms with Gasteiger partial charge in [0.15, 0.2) is 0 Å². The van der Waals surface area contributed by atoms with Gasteiger partial charge in [0.05, 0.1) is 18.6 Å². The first-order valence-corrected chi connectivity index (χ1v) is 7.05. The number of hydrogen-bond donors (Lipinski definition) is 2. The van der Waals surface area contributed by atoms with Crippen molar-refractivity contribution in [1.82, 2.24) is 0 Å². The van der Waals surface area contributed by atoms with Gasteiger partial charge in [0.25, 0.3) is 0 Å². The first kappa shape index (κ1) is 18.4. The van der Waals surface area contributed by atoms with E-state index < -0.39 is 5.41 Å². The molecule has 2 N–H and O–H groups in total. The van der Waals surface area contributed by atoms with Crippen molar-refractivity contribution in [2.45, 2.75) is 53.9 Å². The van der Waals surface area contributed by atoms with Gasteiger partial charge in [-0.15, -0.1) is 0 Å². The topological polar surface area (TPSA) is 66.8 Å². The van der Waals surface area contributed by atoms with E-state index in [0.29, 0.717) is 12.8 Å². The van der Waals surface area contributed by atoms with Gasteiger partial charge in [0.2, 0.25) is 0 Å². The van der Waals surface area contributed by atoms with E-state index in [0.717, 1.165) is 6.42 Å². The SMILES string of the molecule is CCC(CO)(CO)COC(=O)CC(C)CC(C)(C)C. The summed E-state index contributed by atoms with van der Waals surface area (Å²) in [6, 6.07) is 0. The molecule has 4 heteroatoms. The zero-order valence-electron chi connectivity index (χ0n) is 13.0. The van der Waals surface area contributed by atoms with E-state index >= 15 is 0 Å². The van der Waals surface area contributed by atoms with Crippen LogP contribution in [0.4, 0.5) is 0 Å². The summed E-state index contributed by atoms with van der Waals surface area (Å²) >= 11 is 0. The van der Waals surface area contributed by atoms with Gasteiger partial charge in [-0.25, -0.2) is 0 Å². The lowest BCUT2D eigenvalue weighted by molar-refractivity contribution is -0.151. The minimum atomic E-state index is -0.705. The molecule has 0 radical (unpaired) electrons. The monoisotopic (exact) mass is 274 g/mol. The Morgan fingerprint density at radius 3 is 2.11 bits per heavy atom. The Kier molecular flexibility index (Phi) is 7.60. The quantitative estimate of drug-likeness (QED) is 0.667. The molecule has 0 spiro atoms. The van der Waals surface area contributed by atoms with Crippen molar-refractivity contribution in [3.05, 3.63) is 0 Å². The normalized spacial score (nSPS) is 14.3. The first-order chi connectivity index (χ1) is 8.68. The van der Waals surface area contributed by atoms with Gasteiger partial charge in [0, 0.05) is 6.42 Å². The maximum atomic E-state index is 11.7. The van der Waals surface area contributed by atoms with Gasteiger partial charge >= 0.3 is 5.97 Å². The molecular weight excluding hydrogens is 244 g/mol. The van der Waals surface area contributed by atoms with Crippen LogP contribution >= 0.6 is 0 Å². The van der Waals surface area contributed by atoms with Gasteiger partial charge in [-0.3, -0.25) is 4.79 Å². The maximum Gasteiger partial charge on any atom is 0.306 e. The number of ether oxygens (including phenoxy) is 1. The van der Waals surface area contributed by atoms with Crippen molar-refractivity contribution >= 4 is 5.97 Å². The third-order valence-corrected chi connectivity index (χ3v) is 3.44. The molecule has 0 aromatic heterocycles. The molecule has 0 amide bonds. The molecule has 0 heterocycles. The van der Waals surface area contributed by atoms with Crippen molar-refractivity contribution in [2.24, 2.45) is 16.7 Å². The van der Waals surface area contributed by atoms with Crippen LogP contribution in [-0.4, -0.2) is 36.0 Å². The number of carbonyl (C=O) groups is 1. The van der Waals surface area contributed by atoms with Gasteiger partial charge in [-0.2, -0.15) is 0 Å². The summed E-state index contributed by atoms with van der Waals surface area (Å²) in [6.45, 7) is 10.1. The van der Waals surface area contributed by atoms with Gasteiger partial charge in [0.1, 0.15) is 6.61 Å². The Morgan fingerprint density at radius 1 is 1.21 bits per heavy atom. The fourth-order valence-corrected chi connectivity index (χ4v) is 2.16. The van der Waals surface area contributed by atoms with Crippen LogP contribution in [0.2, 0.25) is 0 Å². The molecule has 0 fully saturated rings. The molecule has 0 aliphatic rings. The summed E-state index contributed by atoms with van der Waals surface area (Å²) < 4.78 is 5.21. The van der Waals surface area contributed by atoms with Gasteiger partial charge < -0.3 is 14.9 Å². The van der Waals surface area contributed by atoms with Crippen molar-refractivity contribution < 1.29 is 19.7 Å². The van der Waals surface area contributed by atoms with E-state index in [-0.39, 0.29) is 37.1 Å². The van der Waals surface area contributed by atoms with Crippen LogP contribution in [0, 0.1) is 16.7 Å². The van der Waals surface area contributed by atoms with E-state index in [4.69, 9.17) is 4.74 Å². The Bertz CT molecular complexity index is 256. The molecule has 0 aromatic rings. The number of rotatable bonds is 8. The highest BCUT2D eigenvalue weighted by atomic mass is 16.5. The third kappa shape index (κ3) is 7.53. The molecule has 0 aliphatic carbocycles. The summed E-state index contributed by atoms with van der Waals surface area (Å²) in [5.41, 5.74) is -0.508. The zero-order valence-corrected chi connectivity index (χ0v) is 13.0. The lowest BCUT2D eigenvalue weighted by Crippen LogP contribution is -2.35. The largest absolute Gasteiger partial charge is 0.465 e. The fraction of sp³-hybridized carbons (Fsp3) is 0.933. The smallest absolute Gasteiger partial charge is 0.306 e. The number of carbonyl (C=O) groups excluding carboxylic acids is 1. The van der Waals surface area contributed by atoms with Crippen LogP contribution in [-0.2, 0) is 9.53 Å². The highest BCUT2D eigenvalue weighted by Crippen LogP contribution is 2.26. The minimum Gasteiger partial charge on any atom is -0.465 e. The highest BCUT2D eigenvalue weighted by Gasteiger charge is 2.29. The molecule has 0 rings (SSSR count). The second-order valence-electron chi connectivity index (χ2n) is 6.90. The molecule has 0 aliphatic heterocycles. The standard InChI is InChI=1S/C15H30O4/c1-6-15(9-16,10-17)11-19-13(18)7-12(2)8-14(3,4)5/h12,16-17H,6-11H2,1-5H3. The van der Waals surface area contributed by atoms with Crippen molar-refractivity contribution in [2.75, 3.05) is 19.8 Å². The van der Waals surface area contributed by atoms with Crippen LogP contribution in [0.5, 0.6) is 0 Å². The summed E-state index contributed by atoms with van der Waals surface area (Å²) in [4.78, 5) is 11.7.